The molecule has 3 aromatic carbocycles. The van der Waals surface area contributed by atoms with Gasteiger partial charge in [0, 0.05) is 37.0 Å². The van der Waals surface area contributed by atoms with Gasteiger partial charge >= 0.3 is 5.97 Å². The number of esters is 1. The van der Waals surface area contributed by atoms with Crippen molar-refractivity contribution in [3.63, 3.8) is 0 Å². The normalized spacial score (nSPS) is 42.0. The average Bonchev–Trinajstić information content (AvgIpc) is 0.676. The monoisotopic (exact) mass is 1220 g/mol. The summed E-state index contributed by atoms with van der Waals surface area (Å²) in [5.74, 6) is 2.76. The van der Waals surface area contributed by atoms with Crippen LogP contribution in [0.4, 0.5) is 0 Å². The van der Waals surface area contributed by atoms with E-state index in [-0.39, 0.29) is 68.8 Å². The summed E-state index contributed by atoms with van der Waals surface area (Å²) < 4.78 is 93.7. The standard InChI is InChI=1S/C24H32O9.C18H22O4.C10H14O.C8H8O3.3C2H6.3CH4/c1-29-24(23(32-33-24)15-6-12-5-13(8-15)9-16(23)7-12)14-3-2-4-17(10-14)30-22-21(28)20(27)19(26)18(11-25)31-22;1-20-18(13-3-2-4-16(19)10-13)17(21-22-18)14-6-11-5-12(8-14)9-15(17)7-11;11-10-8-2-6-1-7(4-8)5-9(10)3-6;1-11-8(10)6-3-2-4-7(9)5-6;3*1-2;;;/h2-4,10,12-13,15-16,18-22,25-28H,5-9,11H2,1H3;2-4,10-12,14-15,19H,5-9H2,1H3;6-9H,1-5H2;2-5,9H,1H3;3*1-2H3;3*1H4/t12?,13?,15?,16?,18?,19?,20-,21?,22-,23?,24?;;;;;;;;;/m1........./s1/i2*1D3;;1D3;;;;;;. The van der Waals surface area contributed by atoms with Gasteiger partial charge in [0.2, 0.25) is 6.29 Å². The molecule has 17 heteroatoms. The Balaban J connectivity index is 0.000000210. The highest BCUT2D eigenvalue weighted by atomic mass is 17.3. The fourth-order valence-electron chi connectivity index (χ4n) is 17.5. The number of benzene rings is 3. The largest absolute Gasteiger partial charge is 0.508 e. The van der Waals surface area contributed by atoms with Crippen LogP contribution < -0.4 is 4.74 Å². The van der Waals surface area contributed by atoms with Gasteiger partial charge < -0.3 is 54.3 Å². The quantitative estimate of drug-likeness (QED) is 0.0908. The van der Waals surface area contributed by atoms with Crippen LogP contribution in [0.25, 0.3) is 0 Å². The molecule has 12 saturated carbocycles. The summed E-state index contributed by atoms with van der Waals surface area (Å²) in [6, 6.07) is 18.3. The van der Waals surface area contributed by atoms with Crippen LogP contribution in [0.1, 0.15) is 194 Å². The number of ether oxygens (including phenoxy) is 5. The van der Waals surface area contributed by atoms with Crippen LogP contribution in [0.3, 0.4) is 0 Å². The van der Waals surface area contributed by atoms with E-state index in [1.165, 1.54) is 69.2 Å². The van der Waals surface area contributed by atoms with Crippen molar-refractivity contribution in [3.05, 3.63) is 89.5 Å². The van der Waals surface area contributed by atoms with Crippen LogP contribution >= 0.6 is 0 Å². The molecular weight excluding hydrogens is 1100 g/mol. The van der Waals surface area contributed by atoms with E-state index in [9.17, 15) is 35.1 Å². The number of hydrogen-bond donors (Lipinski definition) is 6. The van der Waals surface area contributed by atoms with E-state index >= 15 is 0 Å². The van der Waals surface area contributed by atoms with Crippen LogP contribution in [-0.2, 0) is 54.9 Å². The van der Waals surface area contributed by atoms with Crippen molar-refractivity contribution in [3.8, 4) is 17.2 Å². The Morgan fingerprint density at radius 2 is 0.953 bits per heavy atom. The number of rotatable bonds is 8. The molecule has 15 aliphatic rings. The Kier molecular flexibility index (Phi) is 20.0. The van der Waals surface area contributed by atoms with Crippen molar-refractivity contribution >= 4 is 11.8 Å². The molecule has 0 amide bonds. The van der Waals surface area contributed by atoms with E-state index in [1.807, 2.05) is 41.5 Å². The summed E-state index contributed by atoms with van der Waals surface area (Å²) in [7, 11) is -8.15. The first kappa shape index (κ1) is 58.2. The maximum absolute atomic E-state index is 11.6. The van der Waals surface area contributed by atoms with E-state index in [2.05, 4.69) is 4.74 Å². The molecule has 17 nitrogen and oxygen atoms in total. The molecule has 15 fully saturated rings. The predicted molar refractivity (Wildman–Crippen MR) is 326 cm³/mol. The molecule has 2 spiro atoms. The fraction of sp³-hybridized carbons (Fsp3) is 0.710. The summed E-state index contributed by atoms with van der Waals surface area (Å²) in [4.78, 5) is 45.6. The Morgan fingerprint density at radius 1 is 0.535 bits per heavy atom. The number of phenolic OH excluding ortho intramolecular Hbond substituents is 2. The number of aliphatic hydroxyl groups is 4. The molecule has 0 radical (unpaired) electrons. The minimum atomic E-state index is -2.76. The zero-order chi connectivity index (χ0) is 67.1. The molecule has 12 aliphatic carbocycles. The summed E-state index contributed by atoms with van der Waals surface area (Å²) in [6.45, 7) is 11.4. The minimum Gasteiger partial charge on any atom is -0.508 e. The van der Waals surface area contributed by atoms with Gasteiger partial charge in [0.25, 0.3) is 11.6 Å². The number of ketones is 1. The van der Waals surface area contributed by atoms with Gasteiger partial charge in [0.05, 0.1) is 31.5 Å². The number of hydrogen-bond acceptors (Lipinski definition) is 17. The lowest BCUT2D eigenvalue weighted by Gasteiger charge is -2.68. The lowest BCUT2D eigenvalue weighted by Crippen LogP contribution is -2.76. The number of aliphatic hydroxyl groups excluding tert-OH is 4. The molecule has 3 aliphatic heterocycles. The molecule has 5 unspecified atom stereocenters. The Hall–Kier alpha value is -4.24. The Morgan fingerprint density at radius 3 is 1.35 bits per heavy atom. The first-order chi connectivity index (χ1) is 43.6. The van der Waals surface area contributed by atoms with Gasteiger partial charge in [-0.2, -0.15) is 9.78 Å². The predicted octanol–water partition coefficient (Wildman–Crippen LogP) is 12.3. The highest BCUT2D eigenvalue weighted by molar-refractivity contribution is 5.89. The minimum absolute atomic E-state index is 0. The zero-order valence-corrected chi connectivity index (χ0v) is 48.7. The second kappa shape index (κ2) is 29.6. The summed E-state index contributed by atoms with van der Waals surface area (Å²) >= 11 is 0. The summed E-state index contributed by atoms with van der Waals surface area (Å²) in [6.07, 6.45) is 9.56. The van der Waals surface area contributed by atoms with Gasteiger partial charge in [-0.05, 0) is 198 Å². The van der Waals surface area contributed by atoms with Crippen LogP contribution in [-0.4, -0.2) is 112 Å². The van der Waals surface area contributed by atoms with Crippen molar-refractivity contribution in [2.45, 2.75) is 214 Å². The third-order valence-electron chi connectivity index (χ3n) is 20.3. The summed E-state index contributed by atoms with van der Waals surface area (Å²) in [5.41, 5.74) is -0.790. The van der Waals surface area contributed by atoms with Crippen LogP contribution in [0.15, 0.2) is 72.8 Å². The van der Waals surface area contributed by atoms with Gasteiger partial charge in [0.15, 0.2) is 11.2 Å². The van der Waals surface area contributed by atoms with Gasteiger partial charge in [-0.15, -0.1) is 0 Å². The number of carbonyl (C=O) groups is 2. The topological polar surface area (TPSA) is 239 Å². The molecule has 86 heavy (non-hydrogen) atoms. The Labute approximate surface area is 525 Å². The molecule has 7 atom stereocenters. The molecule has 484 valence electrons. The van der Waals surface area contributed by atoms with E-state index in [0.29, 0.717) is 52.4 Å². The van der Waals surface area contributed by atoms with Crippen molar-refractivity contribution in [1.82, 2.24) is 0 Å². The van der Waals surface area contributed by atoms with Crippen molar-refractivity contribution in [2.24, 2.45) is 71.0 Å². The molecule has 6 N–H and O–H groups in total. The third kappa shape index (κ3) is 12.4. The number of Topliss-reactive ketones (excluding diaryl/α,β-unsaturated/α-hetero) is 1. The van der Waals surface area contributed by atoms with Crippen LogP contribution in [0.5, 0.6) is 17.2 Å². The average molecular weight is 1220 g/mol. The first-order valence-corrected chi connectivity index (χ1v) is 30.7. The van der Waals surface area contributed by atoms with Crippen molar-refractivity contribution in [2.75, 3.05) is 27.7 Å². The first-order valence-electron chi connectivity index (χ1n) is 35.2. The Bertz CT molecular complexity index is 2890. The van der Waals surface area contributed by atoms with Crippen molar-refractivity contribution < 1.29 is 95.8 Å². The highest BCUT2D eigenvalue weighted by Gasteiger charge is 2.78. The van der Waals surface area contributed by atoms with Gasteiger partial charge in [-0.1, -0.05) is 94.2 Å². The van der Waals surface area contributed by atoms with Crippen molar-refractivity contribution in [1.29, 1.82) is 0 Å². The van der Waals surface area contributed by atoms with E-state index in [0.717, 1.165) is 69.3 Å². The molecule has 18 rings (SSSR count). The van der Waals surface area contributed by atoms with Crippen LogP contribution in [0, 0.1) is 71.0 Å². The summed E-state index contributed by atoms with van der Waals surface area (Å²) in [5, 5.41) is 58.9. The van der Waals surface area contributed by atoms with Gasteiger partial charge in [-0.25, -0.2) is 14.6 Å². The molecule has 12 bridgehead atoms. The molecule has 0 aromatic heterocycles. The number of phenols is 2. The zero-order valence-electron chi connectivity index (χ0n) is 57.7. The van der Waals surface area contributed by atoms with Crippen LogP contribution in [0.2, 0.25) is 0 Å². The number of aromatic hydroxyl groups is 2. The molecule has 3 heterocycles. The van der Waals surface area contributed by atoms with Gasteiger partial charge in [0.1, 0.15) is 47.4 Å². The van der Waals surface area contributed by atoms with Gasteiger partial charge in [-0.3, -0.25) is 4.79 Å². The van der Waals surface area contributed by atoms with E-state index in [1.54, 1.807) is 42.5 Å². The maximum atomic E-state index is 11.6. The fourth-order valence-corrected chi connectivity index (χ4v) is 17.5. The number of carbonyl (C=O) groups excluding carboxylic acids is 2. The highest BCUT2D eigenvalue weighted by Crippen LogP contribution is 2.71. The smallest absolute Gasteiger partial charge is 0.337 e. The van der Waals surface area contributed by atoms with E-state index in [4.69, 9.17) is 55.9 Å². The second-order valence-electron chi connectivity index (χ2n) is 24.5. The lowest BCUT2D eigenvalue weighted by molar-refractivity contribution is -0.645. The third-order valence-corrected chi connectivity index (χ3v) is 20.3. The number of methoxy groups -OCH3 is 3. The molecular formula is C69H106O17. The lowest BCUT2D eigenvalue weighted by atomic mass is 9.47. The SMILES string of the molecule is C.C.C.CC.CC.CC.O=C1C2CC3CC(C2)CC1C3.[2H]C([2H])([2H])OC(=O)c1cccc(O)c1.[2H]C([2H])([2H])OC1(c2cccc(O)c2)OOC12C1CC3CC(C1)CC2C3.[2H]C([2H])([2H])OC1(c2cccc(O[C@@H]3OC(CO)C(O)[C@@H](O)C3O)c2)OOC12C1CC3CC(C1)CC2C3. The molecule has 3 aromatic rings. The maximum Gasteiger partial charge on any atom is 0.337 e. The van der Waals surface area contributed by atoms with E-state index < -0.39 is 87.2 Å². The second-order valence-corrected chi connectivity index (χ2v) is 24.5. The molecule has 3 saturated heterocycles.